The molecule has 4 nitrogen and oxygen atoms in total. The molecule has 0 aromatic heterocycles. The maximum atomic E-state index is 12.0. The molecule has 1 unspecified atom stereocenters. The first-order valence-corrected chi connectivity index (χ1v) is 6.30. The minimum Gasteiger partial charge on any atom is -0.469 e. The van der Waals surface area contributed by atoms with E-state index in [-0.39, 0.29) is 23.7 Å². The molecule has 0 aliphatic rings. The van der Waals surface area contributed by atoms with Crippen LogP contribution in [0.15, 0.2) is 0 Å². The number of methoxy groups -OCH3 is 1. The molecule has 0 N–H and O–H groups in total. The number of carbonyl (C=O) groups is 2. The normalized spacial score (nSPS) is 12.4. The smallest absolute Gasteiger partial charge is 0.310 e. The van der Waals surface area contributed by atoms with Gasteiger partial charge in [0.15, 0.2) is 0 Å². The molecule has 0 saturated heterocycles. The Balaban J connectivity index is 4.47. The second-order valence-electron chi connectivity index (χ2n) is 4.72. The van der Waals surface area contributed by atoms with Crippen LogP contribution >= 0.6 is 0 Å². The van der Waals surface area contributed by atoms with E-state index in [4.69, 9.17) is 0 Å². The molecule has 1 amide bonds. The van der Waals surface area contributed by atoms with Gasteiger partial charge in [-0.3, -0.25) is 9.59 Å². The Bertz CT molecular complexity index is 251. The van der Waals surface area contributed by atoms with Crippen molar-refractivity contribution >= 4 is 11.9 Å². The van der Waals surface area contributed by atoms with Gasteiger partial charge in [-0.15, -0.1) is 0 Å². The second kappa shape index (κ2) is 8.09. The minimum absolute atomic E-state index is 0.0308. The number of esters is 1. The molecule has 0 aliphatic carbocycles. The molecule has 17 heavy (non-hydrogen) atoms. The van der Waals surface area contributed by atoms with Gasteiger partial charge in [0.05, 0.1) is 13.0 Å². The third-order valence-corrected chi connectivity index (χ3v) is 2.68. The highest BCUT2D eigenvalue weighted by Crippen LogP contribution is 2.09. The van der Waals surface area contributed by atoms with Gasteiger partial charge in [-0.05, 0) is 6.42 Å². The van der Waals surface area contributed by atoms with E-state index < -0.39 is 0 Å². The predicted octanol–water partition coefficient (Wildman–Crippen LogP) is 2.08. The van der Waals surface area contributed by atoms with Crippen LogP contribution in [0.4, 0.5) is 0 Å². The van der Waals surface area contributed by atoms with E-state index in [0.717, 1.165) is 19.4 Å². The third kappa shape index (κ3) is 5.71. The summed E-state index contributed by atoms with van der Waals surface area (Å²) in [5, 5.41) is 0. The van der Waals surface area contributed by atoms with E-state index in [1.54, 1.807) is 11.8 Å². The first-order valence-electron chi connectivity index (χ1n) is 6.30. The van der Waals surface area contributed by atoms with Crippen molar-refractivity contribution in [3.63, 3.8) is 0 Å². The lowest BCUT2D eigenvalue weighted by atomic mass is 10.1. The SMILES string of the molecule is CCCCN(CC(C)C(=O)OC)C(=O)C(C)C. The summed E-state index contributed by atoms with van der Waals surface area (Å²) in [5.74, 6) is -0.450. The largest absolute Gasteiger partial charge is 0.469 e. The van der Waals surface area contributed by atoms with Crippen molar-refractivity contribution in [1.29, 1.82) is 0 Å². The molecule has 0 rings (SSSR count). The molecular weight excluding hydrogens is 218 g/mol. The molecule has 0 aliphatic heterocycles. The van der Waals surface area contributed by atoms with Gasteiger partial charge in [-0.1, -0.05) is 34.1 Å². The summed E-state index contributed by atoms with van der Waals surface area (Å²) < 4.78 is 4.68. The molecule has 4 heteroatoms. The lowest BCUT2D eigenvalue weighted by Gasteiger charge is -2.26. The summed E-state index contributed by atoms with van der Waals surface area (Å²) in [5.41, 5.74) is 0. The average Bonchev–Trinajstić information content (AvgIpc) is 2.31. The van der Waals surface area contributed by atoms with Crippen LogP contribution in [0.2, 0.25) is 0 Å². The predicted molar refractivity (Wildman–Crippen MR) is 67.5 cm³/mol. The summed E-state index contributed by atoms with van der Waals surface area (Å²) in [7, 11) is 1.37. The van der Waals surface area contributed by atoms with Crippen molar-refractivity contribution in [1.82, 2.24) is 4.90 Å². The van der Waals surface area contributed by atoms with Gasteiger partial charge in [-0.2, -0.15) is 0 Å². The first-order chi connectivity index (χ1) is 7.93. The number of hydrogen-bond acceptors (Lipinski definition) is 3. The number of rotatable bonds is 7. The van der Waals surface area contributed by atoms with Crippen molar-refractivity contribution < 1.29 is 14.3 Å². The Morgan fingerprint density at radius 2 is 1.82 bits per heavy atom. The quantitative estimate of drug-likeness (QED) is 0.643. The Hall–Kier alpha value is -1.06. The summed E-state index contributed by atoms with van der Waals surface area (Å²) in [6, 6.07) is 0. The molecular formula is C13H25NO3. The van der Waals surface area contributed by atoms with Crippen LogP contribution in [0.3, 0.4) is 0 Å². The van der Waals surface area contributed by atoms with Crippen LogP contribution in [0.1, 0.15) is 40.5 Å². The van der Waals surface area contributed by atoms with Crippen molar-refractivity contribution in [2.75, 3.05) is 20.2 Å². The number of carbonyl (C=O) groups excluding carboxylic acids is 2. The fourth-order valence-corrected chi connectivity index (χ4v) is 1.61. The molecule has 100 valence electrons. The molecule has 0 radical (unpaired) electrons. The summed E-state index contributed by atoms with van der Waals surface area (Å²) in [6.07, 6.45) is 2.00. The minimum atomic E-state index is -0.264. The zero-order valence-corrected chi connectivity index (χ0v) is 11.7. The summed E-state index contributed by atoms with van der Waals surface area (Å²) in [6.45, 7) is 8.80. The van der Waals surface area contributed by atoms with Gasteiger partial charge in [-0.25, -0.2) is 0 Å². The van der Waals surface area contributed by atoms with Crippen LogP contribution < -0.4 is 0 Å². The van der Waals surface area contributed by atoms with Crippen molar-refractivity contribution in [2.24, 2.45) is 11.8 Å². The maximum Gasteiger partial charge on any atom is 0.310 e. The Labute approximate surface area is 104 Å². The van der Waals surface area contributed by atoms with E-state index in [1.165, 1.54) is 7.11 Å². The topological polar surface area (TPSA) is 46.6 Å². The molecule has 0 bridgehead atoms. The van der Waals surface area contributed by atoms with E-state index in [9.17, 15) is 9.59 Å². The van der Waals surface area contributed by atoms with Crippen molar-refractivity contribution in [3.8, 4) is 0 Å². The zero-order chi connectivity index (χ0) is 13.4. The highest BCUT2D eigenvalue weighted by atomic mass is 16.5. The highest BCUT2D eigenvalue weighted by Gasteiger charge is 2.22. The van der Waals surface area contributed by atoms with E-state index in [0.29, 0.717) is 6.54 Å². The van der Waals surface area contributed by atoms with Crippen LogP contribution in [0.25, 0.3) is 0 Å². The third-order valence-electron chi connectivity index (χ3n) is 2.68. The molecule has 0 aromatic rings. The fourth-order valence-electron chi connectivity index (χ4n) is 1.61. The molecule has 0 fully saturated rings. The first kappa shape index (κ1) is 15.9. The number of hydrogen-bond donors (Lipinski definition) is 0. The van der Waals surface area contributed by atoms with Gasteiger partial charge >= 0.3 is 5.97 Å². The van der Waals surface area contributed by atoms with E-state index in [2.05, 4.69) is 11.7 Å². The van der Waals surface area contributed by atoms with E-state index >= 15 is 0 Å². The number of unbranched alkanes of at least 4 members (excludes halogenated alkanes) is 1. The van der Waals surface area contributed by atoms with Crippen molar-refractivity contribution in [3.05, 3.63) is 0 Å². The number of amides is 1. The Morgan fingerprint density at radius 3 is 2.24 bits per heavy atom. The molecule has 0 aromatic carbocycles. The second-order valence-corrected chi connectivity index (χ2v) is 4.72. The molecule has 0 saturated carbocycles. The van der Waals surface area contributed by atoms with Gasteiger partial charge in [0.25, 0.3) is 0 Å². The van der Waals surface area contributed by atoms with Gasteiger partial charge < -0.3 is 9.64 Å². The molecule has 0 spiro atoms. The summed E-state index contributed by atoms with van der Waals surface area (Å²) in [4.78, 5) is 25.1. The molecule has 0 heterocycles. The summed E-state index contributed by atoms with van der Waals surface area (Å²) >= 11 is 0. The average molecular weight is 243 g/mol. The lowest BCUT2D eigenvalue weighted by molar-refractivity contribution is -0.146. The lowest BCUT2D eigenvalue weighted by Crippen LogP contribution is -2.40. The zero-order valence-electron chi connectivity index (χ0n) is 11.7. The van der Waals surface area contributed by atoms with Gasteiger partial charge in [0, 0.05) is 19.0 Å². The van der Waals surface area contributed by atoms with Gasteiger partial charge in [0.1, 0.15) is 0 Å². The van der Waals surface area contributed by atoms with Crippen LogP contribution in [-0.4, -0.2) is 37.0 Å². The molecule has 1 atom stereocenters. The number of ether oxygens (including phenoxy) is 1. The fraction of sp³-hybridized carbons (Fsp3) is 0.846. The van der Waals surface area contributed by atoms with Gasteiger partial charge in [0.2, 0.25) is 5.91 Å². The van der Waals surface area contributed by atoms with Crippen LogP contribution in [-0.2, 0) is 14.3 Å². The Kier molecular flexibility index (Phi) is 7.59. The standard InChI is InChI=1S/C13H25NO3/c1-6-7-8-14(12(15)10(2)3)9-11(4)13(16)17-5/h10-11H,6-9H2,1-5H3. The van der Waals surface area contributed by atoms with Crippen LogP contribution in [0, 0.1) is 11.8 Å². The highest BCUT2D eigenvalue weighted by molar-refractivity contribution is 5.79. The van der Waals surface area contributed by atoms with E-state index in [1.807, 2.05) is 13.8 Å². The van der Waals surface area contributed by atoms with Crippen molar-refractivity contribution in [2.45, 2.75) is 40.5 Å². The Morgan fingerprint density at radius 1 is 1.24 bits per heavy atom. The number of nitrogens with zero attached hydrogens (tertiary/aromatic N) is 1. The monoisotopic (exact) mass is 243 g/mol. The maximum absolute atomic E-state index is 12.0. The van der Waals surface area contributed by atoms with Crippen LogP contribution in [0.5, 0.6) is 0 Å².